The second kappa shape index (κ2) is 12.6. The molecule has 152 valence electrons. The highest BCUT2D eigenvalue weighted by molar-refractivity contribution is 14.0. The van der Waals surface area contributed by atoms with Crippen LogP contribution < -0.4 is 16.0 Å². The first kappa shape index (κ1) is 24.2. The van der Waals surface area contributed by atoms with Gasteiger partial charge in [-0.15, -0.1) is 35.7 Å². The quantitative estimate of drug-likeness (QED) is 0.228. The standard InChI is InChI=1S/C20H27N5OS.HI/c1-14-5-7-16(17(11-14)27-4)13-24-20(21-3)22-10-9-19(26)25-18-8-6-15(2)12-23-18;/h5-8,11-12H,9-10,13H2,1-4H3,(H2,21,22,24)(H,23,25,26);1H. The molecule has 1 heterocycles. The van der Waals surface area contributed by atoms with Gasteiger partial charge in [-0.25, -0.2) is 4.98 Å². The minimum atomic E-state index is -0.0856. The fraction of sp³-hybridized carbons (Fsp3) is 0.350. The molecule has 2 rings (SSSR count). The van der Waals surface area contributed by atoms with Crippen molar-refractivity contribution in [2.45, 2.75) is 31.7 Å². The Hall–Kier alpha value is -1.81. The Balaban J connectivity index is 0.00000392. The van der Waals surface area contributed by atoms with Crippen LogP contribution >= 0.6 is 35.7 Å². The SMILES string of the molecule is CN=C(NCCC(=O)Nc1ccc(C)cn1)NCc1ccc(C)cc1SC.I. The molecule has 0 unspecified atom stereocenters. The number of aryl methyl sites for hydroxylation is 2. The second-order valence-electron chi connectivity index (χ2n) is 6.19. The highest BCUT2D eigenvalue weighted by atomic mass is 127. The predicted octanol–water partition coefficient (Wildman–Crippen LogP) is 3.73. The Morgan fingerprint density at radius 2 is 1.89 bits per heavy atom. The molecular weight excluding hydrogens is 485 g/mol. The third-order valence-electron chi connectivity index (χ3n) is 3.94. The van der Waals surface area contributed by atoms with E-state index in [1.165, 1.54) is 16.0 Å². The maximum absolute atomic E-state index is 12.0. The summed E-state index contributed by atoms with van der Waals surface area (Å²) in [5.74, 6) is 1.15. The molecule has 0 radical (unpaired) electrons. The molecule has 0 saturated carbocycles. The molecule has 1 aromatic carbocycles. The molecule has 0 aliphatic carbocycles. The lowest BCUT2D eigenvalue weighted by Crippen LogP contribution is -2.38. The molecule has 0 bridgehead atoms. The molecule has 28 heavy (non-hydrogen) atoms. The minimum Gasteiger partial charge on any atom is -0.356 e. The van der Waals surface area contributed by atoms with Crippen molar-refractivity contribution in [1.29, 1.82) is 0 Å². The Morgan fingerprint density at radius 3 is 2.54 bits per heavy atom. The molecule has 0 atom stereocenters. The van der Waals surface area contributed by atoms with E-state index in [9.17, 15) is 4.79 Å². The van der Waals surface area contributed by atoms with Crippen LogP contribution in [0.2, 0.25) is 0 Å². The number of benzene rings is 1. The van der Waals surface area contributed by atoms with Crippen molar-refractivity contribution in [2.75, 3.05) is 25.2 Å². The van der Waals surface area contributed by atoms with E-state index >= 15 is 0 Å². The summed E-state index contributed by atoms with van der Waals surface area (Å²) in [5, 5.41) is 9.24. The van der Waals surface area contributed by atoms with E-state index in [4.69, 9.17) is 0 Å². The predicted molar refractivity (Wildman–Crippen MR) is 129 cm³/mol. The van der Waals surface area contributed by atoms with Crippen LogP contribution in [0.5, 0.6) is 0 Å². The Labute approximate surface area is 188 Å². The van der Waals surface area contributed by atoms with Crippen molar-refractivity contribution in [3.8, 4) is 0 Å². The maximum atomic E-state index is 12.0. The van der Waals surface area contributed by atoms with Gasteiger partial charge in [0.15, 0.2) is 5.96 Å². The van der Waals surface area contributed by atoms with Gasteiger partial charge in [0.25, 0.3) is 0 Å². The number of carbonyl (C=O) groups excluding carboxylic acids is 1. The molecule has 1 aromatic heterocycles. The number of rotatable bonds is 7. The summed E-state index contributed by atoms with van der Waals surface area (Å²) >= 11 is 1.73. The summed E-state index contributed by atoms with van der Waals surface area (Å²) in [7, 11) is 1.72. The summed E-state index contributed by atoms with van der Waals surface area (Å²) in [6, 6.07) is 10.1. The number of thioether (sulfide) groups is 1. The van der Waals surface area contributed by atoms with Crippen LogP contribution in [0.15, 0.2) is 46.4 Å². The third-order valence-corrected chi connectivity index (χ3v) is 4.76. The van der Waals surface area contributed by atoms with Crippen LogP contribution in [0.3, 0.4) is 0 Å². The average Bonchev–Trinajstić information content (AvgIpc) is 2.67. The number of nitrogens with one attached hydrogen (secondary N) is 3. The molecule has 0 fully saturated rings. The van der Waals surface area contributed by atoms with Gasteiger partial charge in [0, 0.05) is 37.7 Å². The number of guanidine groups is 1. The summed E-state index contributed by atoms with van der Waals surface area (Å²) in [5.41, 5.74) is 3.53. The zero-order valence-corrected chi connectivity index (χ0v) is 19.9. The summed E-state index contributed by atoms with van der Waals surface area (Å²) in [4.78, 5) is 21.6. The molecule has 2 aromatic rings. The van der Waals surface area contributed by atoms with Gasteiger partial charge in [0.2, 0.25) is 5.91 Å². The lowest BCUT2D eigenvalue weighted by Gasteiger charge is -2.14. The van der Waals surface area contributed by atoms with Crippen LogP contribution in [0, 0.1) is 13.8 Å². The van der Waals surface area contributed by atoms with Crippen LogP contribution in [0.25, 0.3) is 0 Å². The molecule has 0 aliphatic rings. The van der Waals surface area contributed by atoms with E-state index in [0.29, 0.717) is 31.3 Å². The maximum Gasteiger partial charge on any atom is 0.227 e. The molecule has 1 amide bonds. The first-order valence-electron chi connectivity index (χ1n) is 8.82. The molecule has 3 N–H and O–H groups in total. The number of aliphatic imine (C=N–C) groups is 1. The molecule has 0 spiro atoms. The van der Waals surface area contributed by atoms with Gasteiger partial charge >= 0.3 is 0 Å². The summed E-state index contributed by atoms with van der Waals surface area (Å²) in [6.45, 7) is 5.21. The molecule has 8 heteroatoms. The number of hydrogen-bond acceptors (Lipinski definition) is 4. The smallest absolute Gasteiger partial charge is 0.227 e. The first-order valence-corrected chi connectivity index (χ1v) is 10.0. The van der Waals surface area contributed by atoms with Gasteiger partial charge in [-0.3, -0.25) is 9.79 Å². The zero-order chi connectivity index (χ0) is 19.6. The Kier molecular flexibility index (Phi) is 10.9. The van der Waals surface area contributed by atoms with Crippen molar-refractivity contribution >= 4 is 53.4 Å². The number of amides is 1. The van der Waals surface area contributed by atoms with Gasteiger partial charge < -0.3 is 16.0 Å². The van der Waals surface area contributed by atoms with Crippen LogP contribution in [0.4, 0.5) is 5.82 Å². The molecule has 6 nitrogen and oxygen atoms in total. The Morgan fingerprint density at radius 1 is 1.14 bits per heavy atom. The van der Waals surface area contributed by atoms with E-state index in [1.807, 2.05) is 13.0 Å². The Bertz CT molecular complexity index is 796. The number of anilines is 1. The normalized spacial score (nSPS) is 10.8. The molecule has 0 aliphatic heterocycles. The van der Waals surface area contributed by atoms with Crippen LogP contribution in [-0.4, -0.2) is 36.7 Å². The molecule has 0 saturated heterocycles. The average molecular weight is 513 g/mol. The number of pyridine rings is 1. The highest BCUT2D eigenvalue weighted by Crippen LogP contribution is 2.21. The van der Waals surface area contributed by atoms with E-state index in [0.717, 1.165) is 5.56 Å². The van der Waals surface area contributed by atoms with Crippen molar-refractivity contribution in [2.24, 2.45) is 4.99 Å². The topological polar surface area (TPSA) is 78.4 Å². The van der Waals surface area contributed by atoms with Crippen molar-refractivity contribution < 1.29 is 4.79 Å². The van der Waals surface area contributed by atoms with Crippen molar-refractivity contribution in [3.05, 3.63) is 53.2 Å². The van der Waals surface area contributed by atoms with E-state index < -0.39 is 0 Å². The van der Waals surface area contributed by atoms with E-state index in [2.05, 4.69) is 57.3 Å². The fourth-order valence-corrected chi connectivity index (χ4v) is 3.15. The lowest BCUT2D eigenvalue weighted by molar-refractivity contribution is -0.116. The van der Waals surface area contributed by atoms with Gasteiger partial charge in [0.1, 0.15) is 5.82 Å². The zero-order valence-electron chi connectivity index (χ0n) is 16.7. The van der Waals surface area contributed by atoms with Gasteiger partial charge in [-0.05, 0) is 48.9 Å². The van der Waals surface area contributed by atoms with E-state index in [-0.39, 0.29) is 29.9 Å². The van der Waals surface area contributed by atoms with Gasteiger partial charge in [-0.2, -0.15) is 0 Å². The number of aromatic nitrogens is 1. The fourth-order valence-electron chi connectivity index (χ4n) is 2.44. The van der Waals surface area contributed by atoms with E-state index in [1.54, 1.807) is 31.1 Å². The first-order chi connectivity index (χ1) is 13.0. The molecular formula is C20H28IN5OS. The van der Waals surface area contributed by atoms with Crippen molar-refractivity contribution in [1.82, 2.24) is 15.6 Å². The lowest BCUT2D eigenvalue weighted by atomic mass is 10.1. The number of halogens is 1. The monoisotopic (exact) mass is 513 g/mol. The van der Waals surface area contributed by atoms with Gasteiger partial charge in [0.05, 0.1) is 0 Å². The minimum absolute atomic E-state index is 0. The number of hydrogen-bond donors (Lipinski definition) is 3. The number of nitrogens with zero attached hydrogens (tertiary/aromatic N) is 2. The van der Waals surface area contributed by atoms with Gasteiger partial charge in [-0.1, -0.05) is 18.2 Å². The second-order valence-corrected chi connectivity index (χ2v) is 7.03. The van der Waals surface area contributed by atoms with Crippen molar-refractivity contribution in [3.63, 3.8) is 0 Å². The summed E-state index contributed by atoms with van der Waals surface area (Å²) in [6.07, 6.45) is 4.14. The third kappa shape index (κ3) is 8.05. The van der Waals surface area contributed by atoms with Crippen LogP contribution in [-0.2, 0) is 11.3 Å². The largest absolute Gasteiger partial charge is 0.356 e. The number of carbonyl (C=O) groups is 1. The highest BCUT2D eigenvalue weighted by Gasteiger charge is 2.06. The van der Waals surface area contributed by atoms with Crippen LogP contribution in [0.1, 0.15) is 23.1 Å². The summed E-state index contributed by atoms with van der Waals surface area (Å²) < 4.78 is 0.